The van der Waals surface area contributed by atoms with E-state index in [1.165, 1.54) is 0 Å². The number of amides is 1. The van der Waals surface area contributed by atoms with Gasteiger partial charge in [0.25, 0.3) is 0 Å². The van der Waals surface area contributed by atoms with Gasteiger partial charge in [-0.1, -0.05) is 96.9 Å². The van der Waals surface area contributed by atoms with Crippen molar-refractivity contribution in [3.8, 4) is 17.2 Å². The summed E-state index contributed by atoms with van der Waals surface area (Å²) in [7, 11) is 0. The fraction of sp³-hybridized carbons (Fsp3) is 0.434. The van der Waals surface area contributed by atoms with Gasteiger partial charge < -0.3 is 43.8 Å². The fourth-order valence-electron chi connectivity index (χ4n) is 9.85. The lowest BCUT2D eigenvalue weighted by molar-refractivity contribution is -0.256. The number of ether oxygens (including phenoxy) is 5. The van der Waals surface area contributed by atoms with Crippen molar-refractivity contribution in [1.29, 1.82) is 0 Å². The molecular weight excluding hydrogens is 825 g/mol. The molecule has 4 aromatic rings. The van der Waals surface area contributed by atoms with Crippen LogP contribution in [0.2, 0.25) is 0 Å². The molecule has 6 unspecified atom stereocenters. The van der Waals surface area contributed by atoms with Crippen molar-refractivity contribution in [1.82, 2.24) is 4.90 Å². The van der Waals surface area contributed by atoms with Crippen molar-refractivity contribution in [3.63, 3.8) is 0 Å². The number of unbranched alkanes of at least 4 members (excludes halogenated alkanes) is 2. The normalized spacial score (nSPS) is 22.5. The summed E-state index contributed by atoms with van der Waals surface area (Å²) in [5, 5.41) is 36.7. The molecule has 0 aromatic heterocycles. The van der Waals surface area contributed by atoms with Gasteiger partial charge in [-0.15, -0.1) is 13.2 Å². The molecule has 0 radical (unpaired) electrons. The second kappa shape index (κ2) is 23.6. The van der Waals surface area contributed by atoms with Crippen LogP contribution in [0.3, 0.4) is 0 Å². The second-order valence-corrected chi connectivity index (χ2v) is 16.9. The predicted molar refractivity (Wildman–Crippen MR) is 251 cm³/mol. The molecule has 0 saturated heterocycles. The van der Waals surface area contributed by atoms with Crippen molar-refractivity contribution in [2.75, 3.05) is 52.8 Å². The summed E-state index contributed by atoms with van der Waals surface area (Å²) in [4.78, 5) is 22.3. The molecule has 7 rings (SSSR count). The minimum absolute atomic E-state index is 0.0189. The maximum absolute atomic E-state index is 14.5. The number of hydrogen-bond acceptors (Lipinski definition) is 11. The van der Waals surface area contributed by atoms with Crippen LogP contribution in [0.4, 0.5) is 4.79 Å². The van der Waals surface area contributed by atoms with E-state index in [9.17, 15) is 20.1 Å². The lowest BCUT2D eigenvalue weighted by Gasteiger charge is -2.59. The van der Waals surface area contributed by atoms with Gasteiger partial charge in [0.05, 0.1) is 44.7 Å². The van der Waals surface area contributed by atoms with Gasteiger partial charge in [-0.2, -0.15) is 0 Å². The van der Waals surface area contributed by atoms with E-state index in [1.54, 1.807) is 17.1 Å². The molecule has 346 valence electrons. The van der Waals surface area contributed by atoms with E-state index in [2.05, 4.69) is 43.5 Å². The Balaban J connectivity index is 1.42. The van der Waals surface area contributed by atoms with Gasteiger partial charge >= 0.3 is 6.09 Å². The average Bonchev–Trinajstić information content (AvgIpc) is 3.33. The molecule has 1 heterocycles. The van der Waals surface area contributed by atoms with Crippen molar-refractivity contribution >= 4 is 22.6 Å². The number of fused-ring (bicyclic) bond motifs is 3. The minimum Gasteiger partial charge on any atom is -0.459 e. The van der Waals surface area contributed by atoms with Crippen LogP contribution in [0.25, 0.3) is 10.8 Å². The van der Waals surface area contributed by atoms with Crippen LogP contribution in [0.5, 0.6) is 17.2 Å². The van der Waals surface area contributed by atoms with Crippen molar-refractivity contribution < 1.29 is 48.6 Å². The molecule has 1 fully saturated rings. The van der Waals surface area contributed by atoms with Crippen LogP contribution in [0, 0.1) is 17.8 Å². The molecule has 1 saturated carbocycles. The van der Waals surface area contributed by atoms with E-state index in [4.69, 9.17) is 33.7 Å². The molecule has 0 bridgehead atoms. The van der Waals surface area contributed by atoms with E-state index < -0.39 is 23.8 Å². The summed E-state index contributed by atoms with van der Waals surface area (Å²) in [5.41, 5.74) is 3.47. The summed E-state index contributed by atoms with van der Waals surface area (Å²) < 4.78 is 32.8. The van der Waals surface area contributed by atoms with E-state index in [0.717, 1.165) is 53.2 Å². The van der Waals surface area contributed by atoms with Gasteiger partial charge in [0.1, 0.15) is 29.9 Å². The Morgan fingerprint density at radius 1 is 0.831 bits per heavy atom. The lowest BCUT2D eigenvalue weighted by Crippen LogP contribution is -2.70. The van der Waals surface area contributed by atoms with E-state index in [0.29, 0.717) is 42.2 Å². The Morgan fingerprint density at radius 2 is 1.58 bits per heavy atom. The summed E-state index contributed by atoms with van der Waals surface area (Å²) in [6.07, 6.45) is 10.3. The summed E-state index contributed by atoms with van der Waals surface area (Å²) in [5.74, 6) is -0.261. The number of allylic oxidation sites excluding steroid dienone is 1. The largest absolute Gasteiger partial charge is 0.459 e. The van der Waals surface area contributed by atoms with Crippen molar-refractivity contribution in [2.24, 2.45) is 22.9 Å². The average molecular weight is 889 g/mol. The van der Waals surface area contributed by atoms with Crippen LogP contribution >= 0.6 is 0 Å². The number of nitrogens with zero attached hydrogens (tertiary/aromatic N) is 2. The first kappa shape index (κ1) is 47.5. The number of aliphatic hydroxyl groups excluding tert-OH is 3. The van der Waals surface area contributed by atoms with Crippen LogP contribution in [-0.4, -0.2) is 96.6 Å². The first-order chi connectivity index (χ1) is 31.9. The molecule has 1 amide bonds. The molecule has 12 heteroatoms. The Morgan fingerprint density at radius 3 is 2.35 bits per heavy atom. The van der Waals surface area contributed by atoms with Crippen LogP contribution in [0.15, 0.2) is 133 Å². The molecule has 3 aliphatic rings. The molecular formula is C53H64N2O10. The first-order valence-corrected chi connectivity index (χ1v) is 23.1. The minimum atomic E-state index is -1.49. The molecule has 3 N–H and O–H groups in total. The number of aliphatic hydroxyl groups is 3. The third-order valence-electron chi connectivity index (χ3n) is 12.7. The SMILES string of the molecule is C=CCCOC(=O)N(CCOCCO)C1CC(=NOCc2ccccc2)C2=CC(CCCCO)C(CCCCO)C3c4cc(Oc5ccc6ccccc6c5)ccc4OC1(OCC=C)C23. The van der Waals surface area contributed by atoms with Gasteiger partial charge in [0.2, 0.25) is 5.79 Å². The highest BCUT2D eigenvalue weighted by Crippen LogP contribution is 2.62. The Labute approximate surface area is 382 Å². The number of carbonyl (C=O) groups is 1. The van der Waals surface area contributed by atoms with Crippen LogP contribution < -0.4 is 9.47 Å². The molecule has 6 atom stereocenters. The Kier molecular flexibility index (Phi) is 17.2. The Hall–Kier alpha value is -5.50. The van der Waals surface area contributed by atoms with E-state index >= 15 is 0 Å². The first-order valence-electron chi connectivity index (χ1n) is 23.1. The third-order valence-corrected chi connectivity index (χ3v) is 12.7. The monoisotopic (exact) mass is 888 g/mol. The highest BCUT2D eigenvalue weighted by atomic mass is 16.7. The number of benzene rings is 4. The summed E-state index contributed by atoms with van der Waals surface area (Å²) in [6.45, 7) is 8.62. The van der Waals surface area contributed by atoms with Gasteiger partial charge in [-0.3, -0.25) is 4.90 Å². The van der Waals surface area contributed by atoms with Gasteiger partial charge in [0, 0.05) is 37.7 Å². The topological polar surface area (TPSA) is 149 Å². The highest BCUT2D eigenvalue weighted by Gasteiger charge is 2.65. The smallest absolute Gasteiger partial charge is 0.410 e. The van der Waals surface area contributed by atoms with Crippen LogP contribution in [-0.2, 0) is 25.7 Å². The standard InChI is InChI=1S/C53H64N2O10/c1-3-5-30-61-52(59)55(25-31-60-32-28-58)49-36-47(54-63-37-38-15-7-6-8-16-38)45-34-41(19-11-13-26-56)44(20-12-14-27-57)50-46-35-43(64-42-22-21-39-17-9-10-18-40(39)33-42)23-24-48(46)65-53(49,51(45)50)62-29-4-2/h3-4,6-10,15-18,21-24,33-35,41,44,49-51,56-58H,1-2,5,11-14,19-20,25-32,36-37H2. The molecule has 0 spiro atoms. The second-order valence-electron chi connectivity index (χ2n) is 16.9. The molecule has 12 nitrogen and oxygen atoms in total. The van der Waals surface area contributed by atoms with Crippen molar-refractivity contribution in [3.05, 3.63) is 139 Å². The van der Waals surface area contributed by atoms with Gasteiger partial charge in [0.15, 0.2) is 0 Å². The number of carbonyl (C=O) groups excluding carboxylic acids is 1. The van der Waals surface area contributed by atoms with E-state index in [-0.39, 0.29) is 83.6 Å². The number of hydrogen-bond donors (Lipinski definition) is 3. The predicted octanol–water partition coefficient (Wildman–Crippen LogP) is 9.49. The molecule has 65 heavy (non-hydrogen) atoms. The summed E-state index contributed by atoms with van der Waals surface area (Å²) >= 11 is 0. The number of rotatable bonds is 25. The van der Waals surface area contributed by atoms with Crippen molar-refractivity contribution in [2.45, 2.75) is 75.7 Å². The zero-order chi connectivity index (χ0) is 45.4. The Bertz CT molecular complexity index is 2250. The maximum Gasteiger partial charge on any atom is 0.410 e. The summed E-state index contributed by atoms with van der Waals surface area (Å²) in [6, 6.07) is 29.2. The maximum atomic E-state index is 14.5. The molecule has 4 aromatic carbocycles. The van der Waals surface area contributed by atoms with E-state index in [1.807, 2.05) is 66.7 Å². The van der Waals surface area contributed by atoms with Gasteiger partial charge in [-0.05, 0) is 96.2 Å². The van der Waals surface area contributed by atoms with Crippen LogP contribution in [0.1, 0.15) is 68.4 Å². The quantitative estimate of drug-likeness (QED) is 0.0334. The highest BCUT2D eigenvalue weighted by molar-refractivity contribution is 6.03. The third kappa shape index (κ3) is 11.3. The zero-order valence-corrected chi connectivity index (χ0v) is 37.3. The molecule has 1 aliphatic heterocycles. The lowest BCUT2D eigenvalue weighted by atomic mass is 9.55. The fourth-order valence-corrected chi connectivity index (χ4v) is 9.85. The molecule has 2 aliphatic carbocycles. The van der Waals surface area contributed by atoms with Gasteiger partial charge in [-0.25, -0.2) is 4.79 Å². The zero-order valence-electron chi connectivity index (χ0n) is 37.3. The number of oxime groups is 1.